The first-order chi connectivity index (χ1) is 12.4. The molecule has 2 aromatic carbocycles. The summed E-state index contributed by atoms with van der Waals surface area (Å²) in [5, 5.41) is 2.94. The molecule has 1 heterocycles. The fraction of sp³-hybridized carbons (Fsp3) is 0.238. The maximum absolute atomic E-state index is 12.5. The lowest BCUT2D eigenvalue weighted by atomic mass is 10.0. The third-order valence-electron chi connectivity index (χ3n) is 4.57. The summed E-state index contributed by atoms with van der Waals surface area (Å²) in [6, 6.07) is 12.8. The van der Waals surface area contributed by atoms with Crippen molar-refractivity contribution in [2.75, 3.05) is 13.7 Å². The van der Waals surface area contributed by atoms with Gasteiger partial charge >= 0.3 is 0 Å². The molecule has 1 aliphatic rings. The molecule has 0 saturated carbocycles. The summed E-state index contributed by atoms with van der Waals surface area (Å²) in [5.41, 5.74) is 3.90. The zero-order chi connectivity index (χ0) is 18.8. The van der Waals surface area contributed by atoms with E-state index in [0.29, 0.717) is 11.3 Å². The number of aryl methyl sites for hydroxylation is 1. The van der Waals surface area contributed by atoms with Crippen molar-refractivity contribution in [1.29, 1.82) is 0 Å². The topological polar surface area (TPSA) is 58.6 Å². The maximum atomic E-state index is 12.5. The van der Waals surface area contributed by atoms with Gasteiger partial charge in [-0.2, -0.15) is 0 Å². The van der Waals surface area contributed by atoms with Crippen molar-refractivity contribution in [3.8, 4) is 5.75 Å². The number of nitrogens with one attached hydrogen (secondary N) is 1. The van der Waals surface area contributed by atoms with Crippen molar-refractivity contribution in [2.45, 2.75) is 19.9 Å². The molecule has 1 aliphatic heterocycles. The number of carbonyl (C=O) groups is 2. The second-order valence-electron chi connectivity index (χ2n) is 6.42. The summed E-state index contributed by atoms with van der Waals surface area (Å²) in [5.74, 6) is 0.280. The molecule has 3 rings (SSSR count). The molecular weight excluding hydrogens is 328 g/mol. The minimum atomic E-state index is -0.247. The Morgan fingerprint density at radius 3 is 2.58 bits per heavy atom. The summed E-state index contributed by atoms with van der Waals surface area (Å²) in [6.45, 7) is 7.78. The van der Waals surface area contributed by atoms with E-state index in [1.54, 1.807) is 19.2 Å². The van der Waals surface area contributed by atoms with Gasteiger partial charge in [0, 0.05) is 22.4 Å². The van der Waals surface area contributed by atoms with Gasteiger partial charge in [0.05, 0.1) is 13.2 Å². The monoisotopic (exact) mass is 350 g/mol. The van der Waals surface area contributed by atoms with E-state index in [2.05, 4.69) is 11.9 Å². The fourth-order valence-corrected chi connectivity index (χ4v) is 3.20. The van der Waals surface area contributed by atoms with Gasteiger partial charge in [-0.15, -0.1) is 0 Å². The highest BCUT2D eigenvalue weighted by atomic mass is 16.5. The quantitative estimate of drug-likeness (QED) is 0.900. The predicted octanol–water partition coefficient (Wildman–Crippen LogP) is 3.31. The van der Waals surface area contributed by atoms with Crippen LogP contribution in [0.1, 0.15) is 40.0 Å². The minimum absolute atomic E-state index is 0.0647. The Morgan fingerprint density at radius 1 is 1.23 bits per heavy atom. The number of nitrogens with zero attached hydrogens (tertiary/aromatic N) is 1. The average molecular weight is 350 g/mol. The molecular formula is C21H22N2O3. The molecule has 0 fully saturated rings. The van der Waals surface area contributed by atoms with Crippen molar-refractivity contribution in [3.63, 3.8) is 0 Å². The highest BCUT2D eigenvalue weighted by Crippen LogP contribution is 2.31. The maximum Gasteiger partial charge on any atom is 0.259 e. The number of carbonyl (C=O) groups excluding carboxylic acids is 2. The van der Waals surface area contributed by atoms with Crippen molar-refractivity contribution < 1.29 is 14.3 Å². The minimum Gasteiger partial charge on any atom is -0.496 e. The van der Waals surface area contributed by atoms with E-state index in [0.717, 1.165) is 22.4 Å². The molecule has 2 amide bonds. The average Bonchev–Trinajstić information content (AvgIpc) is 2.87. The van der Waals surface area contributed by atoms with Gasteiger partial charge in [-0.3, -0.25) is 14.5 Å². The second kappa shape index (κ2) is 7.04. The molecule has 5 nitrogen and oxygen atoms in total. The molecule has 0 aliphatic carbocycles. The number of rotatable bonds is 5. The highest BCUT2D eigenvalue weighted by Gasteiger charge is 2.32. The van der Waals surface area contributed by atoms with Gasteiger partial charge in [-0.1, -0.05) is 42.5 Å². The summed E-state index contributed by atoms with van der Waals surface area (Å²) in [4.78, 5) is 26.4. The number of hydrogen-bond donors (Lipinski definition) is 1. The molecule has 0 aromatic heterocycles. The zero-order valence-electron chi connectivity index (χ0n) is 15.2. The van der Waals surface area contributed by atoms with Gasteiger partial charge in [0.1, 0.15) is 12.3 Å². The van der Waals surface area contributed by atoms with Crippen LogP contribution in [0.4, 0.5) is 0 Å². The van der Waals surface area contributed by atoms with E-state index < -0.39 is 0 Å². The first-order valence-corrected chi connectivity index (χ1v) is 8.46. The van der Waals surface area contributed by atoms with E-state index in [1.165, 1.54) is 4.90 Å². The van der Waals surface area contributed by atoms with Crippen molar-refractivity contribution >= 4 is 17.5 Å². The van der Waals surface area contributed by atoms with Crippen LogP contribution in [0.3, 0.4) is 0 Å². The molecule has 0 bridgehead atoms. The van der Waals surface area contributed by atoms with Gasteiger partial charge in [0.2, 0.25) is 5.91 Å². The molecule has 0 radical (unpaired) electrons. The smallest absolute Gasteiger partial charge is 0.259 e. The zero-order valence-corrected chi connectivity index (χ0v) is 15.2. The molecule has 1 unspecified atom stereocenters. The summed E-state index contributed by atoms with van der Waals surface area (Å²) < 4.78 is 5.38. The summed E-state index contributed by atoms with van der Waals surface area (Å²) >= 11 is 0. The van der Waals surface area contributed by atoms with Crippen molar-refractivity contribution in [2.24, 2.45) is 0 Å². The van der Waals surface area contributed by atoms with Gasteiger partial charge in [0.25, 0.3) is 5.91 Å². The number of amides is 2. The molecule has 1 N–H and O–H groups in total. The Labute approximate surface area is 153 Å². The Balaban J connectivity index is 1.71. The third kappa shape index (κ3) is 3.20. The van der Waals surface area contributed by atoms with E-state index in [-0.39, 0.29) is 24.4 Å². The molecule has 0 saturated heterocycles. The normalized spacial score (nSPS) is 14.2. The molecule has 26 heavy (non-hydrogen) atoms. The van der Waals surface area contributed by atoms with E-state index >= 15 is 0 Å². The van der Waals surface area contributed by atoms with Crippen molar-refractivity contribution in [3.05, 3.63) is 71.3 Å². The van der Waals surface area contributed by atoms with Crippen LogP contribution in [0.25, 0.3) is 5.70 Å². The van der Waals surface area contributed by atoms with Crippen LogP contribution in [0.15, 0.2) is 49.0 Å². The number of benzene rings is 2. The first kappa shape index (κ1) is 17.7. The summed E-state index contributed by atoms with van der Waals surface area (Å²) in [6.07, 6.45) is 0. The van der Waals surface area contributed by atoms with Gasteiger partial charge < -0.3 is 10.1 Å². The predicted molar refractivity (Wildman–Crippen MR) is 101 cm³/mol. The largest absolute Gasteiger partial charge is 0.496 e. The van der Waals surface area contributed by atoms with Crippen molar-refractivity contribution in [1.82, 2.24) is 10.2 Å². The van der Waals surface area contributed by atoms with Gasteiger partial charge in [0.15, 0.2) is 0 Å². The molecule has 134 valence electrons. The third-order valence-corrected chi connectivity index (χ3v) is 4.57. The van der Waals surface area contributed by atoms with Crippen LogP contribution >= 0.6 is 0 Å². The molecule has 5 heteroatoms. The number of hydrogen-bond acceptors (Lipinski definition) is 3. The number of methoxy groups -OCH3 is 1. The standard InChI is InChI=1S/C21H22N2O3/c1-13-9-10-19(26-4)18(11-13)14(2)22-20(24)12-23-15(3)16-7-5-6-8-17(16)21(23)25/h5-11,14H,3,12H2,1-2,4H3,(H,22,24). The van der Waals surface area contributed by atoms with E-state index in [1.807, 2.05) is 44.2 Å². The number of ether oxygens (including phenoxy) is 1. The Kier molecular flexibility index (Phi) is 4.80. The van der Waals surface area contributed by atoms with Crippen LogP contribution in [0, 0.1) is 6.92 Å². The summed E-state index contributed by atoms with van der Waals surface area (Å²) in [7, 11) is 1.60. The van der Waals surface area contributed by atoms with E-state index in [9.17, 15) is 9.59 Å². The van der Waals surface area contributed by atoms with Gasteiger partial charge in [-0.25, -0.2) is 0 Å². The lowest BCUT2D eigenvalue weighted by Crippen LogP contribution is -2.38. The fourth-order valence-electron chi connectivity index (χ4n) is 3.20. The molecule has 0 spiro atoms. The van der Waals surface area contributed by atoms with Crippen LogP contribution in [0.2, 0.25) is 0 Å². The highest BCUT2D eigenvalue weighted by molar-refractivity contribution is 6.10. The SMILES string of the molecule is C=C1c2ccccc2C(=O)N1CC(=O)NC(C)c1cc(C)ccc1OC. The second-order valence-corrected chi connectivity index (χ2v) is 6.42. The Morgan fingerprint density at radius 2 is 1.92 bits per heavy atom. The van der Waals surface area contributed by atoms with Gasteiger partial charge in [-0.05, 0) is 26.0 Å². The molecule has 2 aromatic rings. The Bertz CT molecular complexity index is 854. The lowest BCUT2D eigenvalue weighted by Gasteiger charge is -2.21. The number of fused-ring (bicyclic) bond motifs is 1. The van der Waals surface area contributed by atoms with Crippen LogP contribution in [-0.2, 0) is 4.79 Å². The van der Waals surface area contributed by atoms with Crippen LogP contribution < -0.4 is 10.1 Å². The van der Waals surface area contributed by atoms with Crippen LogP contribution in [-0.4, -0.2) is 30.4 Å². The lowest BCUT2D eigenvalue weighted by molar-refractivity contribution is -0.121. The van der Waals surface area contributed by atoms with Crippen LogP contribution in [0.5, 0.6) is 5.75 Å². The Hall–Kier alpha value is -3.08. The van der Waals surface area contributed by atoms with E-state index in [4.69, 9.17) is 4.74 Å². The molecule has 1 atom stereocenters. The first-order valence-electron chi connectivity index (χ1n) is 8.46.